The van der Waals surface area contributed by atoms with Gasteiger partial charge in [-0.05, 0) is 31.2 Å². The number of para-hydroxylation sites is 2. The fourth-order valence-corrected chi connectivity index (χ4v) is 2.04. The monoisotopic (exact) mass is 296 g/mol. The highest BCUT2D eigenvalue weighted by Gasteiger charge is 2.09. The van der Waals surface area contributed by atoms with E-state index < -0.39 is 0 Å². The maximum Gasteiger partial charge on any atom is 0.169 e. The largest absolute Gasteiger partial charge is 0.490 e. The maximum atomic E-state index is 5.99. The first kappa shape index (κ1) is 14.0. The molecule has 0 atom stereocenters. The first-order valence-corrected chi connectivity index (χ1v) is 6.90. The number of halogens is 2. The van der Waals surface area contributed by atoms with Crippen molar-refractivity contribution in [1.82, 2.24) is 0 Å². The summed E-state index contributed by atoms with van der Waals surface area (Å²) in [5.74, 6) is 2.36. The van der Waals surface area contributed by atoms with Crippen LogP contribution in [0.4, 0.5) is 0 Å². The van der Waals surface area contributed by atoms with Crippen LogP contribution in [0.25, 0.3) is 0 Å². The second kappa shape index (κ2) is 6.69. The third-order valence-corrected chi connectivity index (χ3v) is 3.07. The molecule has 2 nitrogen and oxygen atoms in total. The Morgan fingerprint density at radius 3 is 2.42 bits per heavy atom. The Kier molecular flexibility index (Phi) is 4.94. The van der Waals surface area contributed by atoms with E-state index in [0.29, 0.717) is 34.8 Å². The molecular formula is C15H14Cl2O2. The van der Waals surface area contributed by atoms with Crippen molar-refractivity contribution in [3.63, 3.8) is 0 Å². The smallest absolute Gasteiger partial charge is 0.169 e. The number of rotatable bonds is 5. The van der Waals surface area contributed by atoms with Crippen molar-refractivity contribution in [2.75, 3.05) is 6.61 Å². The fraction of sp³-hybridized carbons (Fsp3) is 0.200. The number of benzene rings is 2. The quantitative estimate of drug-likeness (QED) is 0.700. The highest BCUT2D eigenvalue weighted by atomic mass is 35.5. The van der Waals surface area contributed by atoms with Crippen LogP contribution < -0.4 is 9.47 Å². The summed E-state index contributed by atoms with van der Waals surface area (Å²) in [6.45, 7) is 2.51. The van der Waals surface area contributed by atoms with E-state index in [2.05, 4.69) is 0 Å². The fourth-order valence-electron chi connectivity index (χ4n) is 1.66. The van der Waals surface area contributed by atoms with E-state index in [1.165, 1.54) is 0 Å². The van der Waals surface area contributed by atoms with Crippen molar-refractivity contribution in [2.45, 2.75) is 12.8 Å². The van der Waals surface area contributed by atoms with Crippen LogP contribution in [-0.2, 0) is 5.88 Å². The molecule has 0 amide bonds. The van der Waals surface area contributed by atoms with Gasteiger partial charge in [-0.15, -0.1) is 11.6 Å². The molecule has 0 spiro atoms. The molecule has 19 heavy (non-hydrogen) atoms. The summed E-state index contributed by atoms with van der Waals surface area (Å²) in [6.07, 6.45) is 0. The van der Waals surface area contributed by atoms with E-state index >= 15 is 0 Å². The lowest BCUT2D eigenvalue weighted by molar-refractivity contribution is 0.321. The molecule has 100 valence electrons. The lowest BCUT2D eigenvalue weighted by Gasteiger charge is -2.13. The van der Waals surface area contributed by atoms with Crippen LogP contribution in [0.5, 0.6) is 17.2 Å². The zero-order chi connectivity index (χ0) is 13.7. The SMILES string of the molecule is CCOc1ccccc1Oc1cc(Cl)ccc1CCl. The molecule has 0 bridgehead atoms. The van der Waals surface area contributed by atoms with E-state index in [1.54, 1.807) is 12.1 Å². The van der Waals surface area contributed by atoms with Gasteiger partial charge in [0.25, 0.3) is 0 Å². The zero-order valence-corrected chi connectivity index (χ0v) is 12.0. The molecule has 2 aromatic rings. The van der Waals surface area contributed by atoms with Crippen LogP contribution >= 0.6 is 23.2 Å². The molecule has 0 N–H and O–H groups in total. The second-order valence-electron chi connectivity index (χ2n) is 3.87. The third-order valence-electron chi connectivity index (χ3n) is 2.54. The molecule has 4 heteroatoms. The molecule has 0 fully saturated rings. The standard InChI is InChI=1S/C15H14Cl2O2/c1-2-18-13-5-3-4-6-14(13)19-15-9-12(17)8-7-11(15)10-16/h3-9H,2,10H2,1H3. The summed E-state index contributed by atoms with van der Waals surface area (Å²) in [7, 11) is 0. The predicted octanol–water partition coefficient (Wildman–Crippen LogP) is 5.27. The molecule has 0 unspecified atom stereocenters. The van der Waals surface area contributed by atoms with Gasteiger partial charge in [0.1, 0.15) is 5.75 Å². The van der Waals surface area contributed by atoms with Gasteiger partial charge in [0.05, 0.1) is 12.5 Å². The Bertz CT molecular complexity index is 556. The predicted molar refractivity (Wildman–Crippen MR) is 78.7 cm³/mol. The summed E-state index contributed by atoms with van der Waals surface area (Å²) in [4.78, 5) is 0. The van der Waals surface area contributed by atoms with Crippen molar-refractivity contribution in [3.8, 4) is 17.2 Å². The van der Waals surface area contributed by atoms with E-state index in [1.807, 2.05) is 37.3 Å². The van der Waals surface area contributed by atoms with E-state index in [0.717, 1.165) is 5.56 Å². The van der Waals surface area contributed by atoms with E-state index in [4.69, 9.17) is 32.7 Å². The Morgan fingerprint density at radius 2 is 1.74 bits per heavy atom. The molecular weight excluding hydrogens is 283 g/mol. The first-order valence-electron chi connectivity index (χ1n) is 5.98. The van der Waals surface area contributed by atoms with Gasteiger partial charge in [0, 0.05) is 10.6 Å². The van der Waals surface area contributed by atoms with Crippen LogP contribution in [0.1, 0.15) is 12.5 Å². The Balaban J connectivity index is 2.33. The van der Waals surface area contributed by atoms with Crippen molar-refractivity contribution in [1.29, 1.82) is 0 Å². The summed E-state index contributed by atoms with van der Waals surface area (Å²) in [6, 6.07) is 12.9. The number of hydrogen-bond acceptors (Lipinski definition) is 2. The molecule has 0 aliphatic carbocycles. The normalized spacial score (nSPS) is 10.3. The van der Waals surface area contributed by atoms with Crippen LogP contribution in [0.15, 0.2) is 42.5 Å². The van der Waals surface area contributed by atoms with Gasteiger partial charge in [-0.2, -0.15) is 0 Å². The topological polar surface area (TPSA) is 18.5 Å². The van der Waals surface area contributed by atoms with Crippen LogP contribution in [0.2, 0.25) is 5.02 Å². The van der Waals surface area contributed by atoms with Crippen molar-refractivity contribution >= 4 is 23.2 Å². The van der Waals surface area contributed by atoms with E-state index in [9.17, 15) is 0 Å². The maximum absolute atomic E-state index is 5.99. The number of ether oxygens (including phenoxy) is 2. The highest BCUT2D eigenvalue weighted by Crippen LogP contribution is 2.34. The van der Waals surface area contributed by atoms with Crippen molar-refractivity contribution in [2.24, 2.45) is 0 Å². The first-order chi connectivity index (χ1) is 9.24. The lowest BCUT2D eigenvalue weighted by Crippen LogP contribution is -1.96. The van der Waals surface area contributed by atoms with Gasteiger partial charge >= 0.3 is 0 Å². The van der Waals surface area contributed by atoms with Gasteiger partial charge in [-0.1, -0.05) is 29.8 Å². The molecule has 0 aliphatic rings. The Labute approximate surface area is 122 Å². The van der Waals surface area contributed by atoms with Crippen molar-refractivity contribution in [3.05, 3.63) is 53.1 Å². The minimum Gasteiger partial charge on any atom is -0.490 e. The average Bonchev–Trinajstić information content (AvgIpc) is 2.42. The summed E-state index contributed by atoms with van der Waals surface area (Å²) >= 11 is 11.9. The molecule has 0 radical (unpaired) electrons. The van der Waals surface area contributed by atoms with Gasteiger partial charge in [-0.25, -0.2) is 0 Å². The molecule has 0 heterocycles. The lowest BCUT2D eigenvalue weighted by atomic mass is 10.2. The highest BCUT2D eigenvalue weighted by molar-refractivity contribution is 6.30. The van der Waals surface area contributed by atoms with Gasteiger partial charge < -0.3 is 9.47 Å². The minimum atomic E-state index is 0.364. The Morgan fingerprint density at radius 1 is 1.00 bits per heavy atom. The van der Waals surface area contributed by atoms with Crippen LogP contribution in [-0.4, -0.2) is 6.61 Å². The van der Waals surface area contributed by atoms with Crippen LogP contribution in [0.3, 0.4) is 0 Å². The molecule has 0 saturated heterocycles. The zero-order valence-electron chi connectivity index (χ0n) is 10.5. The van der Waals surface area contributed by atoms with Crippen molar-refractivity contribution < 1.29 is 9.47 Å². The van der Waals surface area contributed by atoms with Gasteiger partial charge in [0.15, 0.2) is 11.5 Å². The number of alkyl halides is 1. The minimum absolute atomic E-state index is 0.364. The molecule has 0 aliphatic heterocycles. The summed E-state index contributed by atoms with van der Waals surface area (Å²) in [5, 5.41) is 0.609. The van der Waals surface area contributed by atoms with E-state index in [-0.39, 0.29) is 0 Å². The molecule has 2 aromatic carbocycles. The summed E-state index contributed by atoms with van der Waals surface area (Å²) in [5.41, 5.74) is 0.886. The third kappa shape index (κ3) is 3.55. The van der Waals surface area contributed by atoms with Crippen LogP contribution in [0, 0.1) is 0 Å². The second-order valence-corrected chi connectivity index (χ2v) is 4.57. The number of hydrogen-bond donors (Lipinski definition) is 0. The molecule has 0 aromatic heterocycles. The average molecular weight is 297 g/mol. The summed E-state index contributed by atoms with van der Waals surface area (Å²) < 4.78 is 11.4. The van der Waals surface area contributed by atoms with Gasteiger partial charge in [-0.3, -0.25) is 0 Å². The Hall–Kier alpha value is -1.38. The molecule has 0 saturated carbocycles. The van der Waals surface area contributed by atoms with Gasteiger partial charge in [0.2, 0.25) is 0 Å². The molecule has 2 rings (SSSR count).